The molecule has 1 aromatic carbocycles. The second-order valence-corrected chi connectivity index (χ2v) is 8.19. The summed E-state index contributed by atoms with van der Waals surface area (Å²) in [7, 11) is 0. The van der Waals surface area contributed by atoms with Gasteiger partial charge in [0.25, 0.3) is 5.69 Å². The number of carbonyl (C=O) groups is 1. The Balaban J connectivity index is 1.61. The topological polar surface area (TPSA) is 75.5 Å². The summed E-state index contributed by atoms with van der Waals surface area (Å²) < 4.78 is 38.6. The smallest absolute Gasteiger partial charge is 0.366 e. The Morgan fingerprint density at radius 3 is 2.31 bits per heavy atom. The number of rotatable bonds is 4. The van der Waals surface area contributed by atoms with Gasteiger partial charge >= 0.3 is 6.18 Å². The first-order valence-electron chi connectivity index (χ1n) is 10.1. The molecule has 1 N–H and O–H groups in total. The van der Waals surface area contributed by atoms with Gasteiger partial charge in [0.1, 0.15) is 5.69 Å². The van der Waals surface area contributed by atoms with E-state index in [1.807, 2.05) is 0 Å². The molecule has 3 rings (SSSR count). The number of piperidine rings is 1. The van der Waals surface area contributed by atoms with E-state index in [9.17, 15) is 28.1 Å². The first-order chi connectivity index (χ1) is 13.6. The van der Waals surface area contributed by atoms with Gasteiger partial charge in [-0.05, 0) is 56.6 Å². The number of nitro groups is 1. The molecule has 1 aromatic rings. The molecule has 0 atom stereocenters. The van der Waals surface area contributed by atoms with Crippen molar-refractivity contribution < 1.29 is 22.9 Å². The van der Waals surface area contributed by atoms with Gasteiger partial charge < -0.3 is 10.2 Å². The number of hydrogen-bond acceptors (Lipinski definition) is 4. The normalized spacial score (nSPS) is 23.7. The summed E-state index contributed by atoms with van der Waals surface area (Å²) in [4.78, 5) is 24.8. The second-order valence-electron chi connectivity index (χ2n) is 8.19. The summed E-state index contributed by atoms with van der Waals surface area (Å²) in [6.07, 6.45) is 0.612. The molecule has 9 heteroatoms. The molecule has 2 fully saturated rings. The minimum atomic E-state index is -4.63. The van der Waals surface area contributed by atoms with Gasteiger partial charge in [-0.2, -0.15) is 13.2 Å². The molecule has 1 saturated carbocycles. The highest BCUT2D eigenvalue weighted by Gasteiger charge is 2.35. The van der Waals surface area contributed by atoms with E-state index in [0.717, 1.165) is 37.8 Å². The number of alkyl halides is 3. The fourth-order valence-corrected chi connectivity index (χ4v) is 4.22. The summed E-state index contributed by atoms with van der Waals surface area (Å²) in [5, 5.41) is 14.4. The van der Waals surface area contributed by atoms with Crippen LogP contribution in [-0.2, 0) is 11.0 Å². The van der Waals surface area contributed by atoms with Gasteiger partial charge in [0, 0.05) is 31.1 Å². The van der Waals surface area contributed by atoms with Crippen LogP contribution >= 0.6 is 0 Å². The van der Waals surface area contributed by atoms with E-state index < -0.39 is 22.4 Å². The number of amides is 1. The van der Waals surface area contributed by atoms with Crippen LogP contribution in [0, 0.1) is 22.0 Å². The minimum absolute atomic E-state index is 0.0196. The van der Waals surface area contributed by atoms with Gasteiger partial charge in [0.2, 0.25) is 5.91 Å². The van der Waals surface area contributed by atoms with Crippen LogP contribution in [0.15, 0.2) is 18.2 Å². The molecule has 160 valence electrons. The highest BCUT2D eigenvalue weighted by Crippen LogP contribution is 2.37. The lowest BCUT2D eigenvalue weighted by Crippen LogP contribution is -2.45. The van der Waals surface area contributed by atoms with Crippen LogP contribution in [-0.4, -0.2) is 30.0 Å². The zero-order valence-corrected chi connectivity index (χ0v) is 16.4. The summed E-state index contributed by atoms with van der Waals surface area (Å²) in [5.74, 6) is 0.552. The van der Waals surface area contributed by atoms with Crippen molar-refractivity contribution in [1.82, 2.24) is 5.32 Å². The Kier molecular flexibility index (Phi) is 6.33. The summed E-state index contributed by atoms with van der Waals surface area (Å²) >= 11 is 0. The Labute approximate surface area is 167 Å². The third-order valence-corrected chi connectivity index (χ3v) is 6.07. The Morgan fingerprint density at radius 1 is 1.14 bits per heavy atom. The first kappa shape index (κ1) is 21.4. The van der Waals surface area contributed by atoms with E-state index in [-0.39, 0.29) is 23.6 Å². The van der Waals surface area contributed by atoms with Crippen molar-refractivity contribution in [2.24, 2.45) is 11.8 Å². The fraction of sp³-hybridized carbons (Fsp3) is 0.650. The number of carbonyl (C=O) groups excluding carboxylic acids is 1. The predicted octanol–water partition coefficient (Wildman–Crippen LogP) is 4.52. The first-order valence-corrected chi connectivity index (χ1v) is 10.1. The molecular weight excluding hydrogens is 387 g/mol. The van der Waals surface area contributed by atoms with Crippen LogP contribution in [0.1, 0.15) is 51.0 Å². The number of nitrogens with zero attached hydrogens (tertiary/aromatic N) is 2. The molecule has 1 aliphatic carbocycles. The van der Waals surface area contributed by atoms with E-state index in [0.29, 0.717) is 37.9 Å². The van der Waals surface area contributed by atoms with Crippen LogP contribution in [0.2, 0.25) is 0 Å². The van der Waals surface area contributed by atoms with E-state index in [1.54, 1.807) is 4.90 Å². The van der Waals surface area contributed by atoms with Gasteiger partial charge in [0.05, 0.1) is 10.5 Å². The molecule has 1 heterocycles. The molecule has 6 nitrogen and oxygen atoms in total. The second kappa shape index (κ2) is 8.59. The van der Waals surface area contributed by atoms with Crippen molar-refractivity contribution >= 4 is 17.3 Å². The number of anilines is 1. The van der Waals surface area contributed by atoms with Gasteiger partial charge in [-0.3, -0.25) is 14.9 Å². The maximum absolute atomic E-state index is 12.9. The van der Waals surface area contributed by atoms with Gasteiger partial charge in [-0.25, -0.2) is 0 Å². The van der Waals surface area contributed by atoms with Crippen LogP contribution in [0.5, 0.6) is 0 Å². The van der Waals surface area contributed by atoms with E-state index in [1.165, 1.54) is 0 Å². The number of hydrogen-bond donors (Lipinski definition) is 1. The molecule has 1 aliphatic heterocycles. The van der Waals surface area contributed by atoms with Crippen molar-refractivity contribution in [3.63, 3.8) is 0 Å². The number of nitro benzene ring substituents is 1. The van der Waals surface area contributed by atoms with E-state index in [2.05, 4.69) is 12.2 Å². The summed E-state index contributed by atoms with van der Waals surface area (Å²) in [6, 6.07) is 2.82. The molecule has 0 unspecified atom stereocenters. The van der Waals surface area contributed by atoms with Crippen LogP contribution in [0.4, 0.5) is 24.5 Å². The minimum Gasteiger partial charge on any atom is -0.366 e. The van der Waals surface area contributed by atoms with Crippen LogP contribution < -0.4 is 10.2 Å². The quantitative estimate of drug-likeness (QED) is 0.582. The van der Waals surface area contributed by atoms with Crippen molar-refractivity contribution in [3.8, 4) is 0 Å². The number of halogens is 3. The maximum atomic E-state index is 12.9. The largest absolute Gasteiger partial charge is 0.416 e. The monoisotopic (exact) mass is 413 g/mol. The summed E-state index contributed by atoms with van der Waals surface area (Å²) in [6.45, 7) is 3.01. The van der Waals surface area contributed by atoms with Gasteiger partial charge in [0.15, 0.2) is 0 Å². The average Bonchev–Trinajstić information content (AvgIpc) is 2.68. The van der Waals surface area contributed by atoms with Crippen LogP contribution in [0.25, 0.3) is 0 Å². The van der Waals surface area contributed by atoms with E-state index in [4.69, 9.17) is 0 Å². The molecule has 29 heavy (non-hydrogen) atoms. The molecule has 0 spiro atoms. The molecule has 0 aromatic heterocycles. The molecule has 2 aliphatic rings. The SMILES string of the molecule is CC1CCC(NC(=O)C2CCN(c3ccc(C(F)(F)F)cc3[N+](=O)[O-])CC2)CC1. The van der Waals surface area contributed by atoms with Crippen LogP contribution in [0.3, 0.4) is 0 Å². The summed E-state index contributed by atoms with van der Waals surface area (Å²) in [5.41, 5.74) is -1.42. The molecule has 0 bridgehead atoms. The molecule has 1 saturated heterocycles. The lowest BCUT2D eigenvalue weighted by Gasteiger charge is -2.34. The highest BCUT2D eigenvalue weighted by molar-refractivity contribution is 5.79. The Morgan fingerprint density at radius 2 is 1.76 bits per heavy atom. The lowest BCUT2D eigenvalue weighted by atomic mass is 9.86. The van der Waals surface area contributed by atoms with Gasteiger partial charge in [-0.1, -0.05) is 6.92 Å². The zero-order chi connectivity index (χ0) is 21.2. The average molecular weight is 413 g/mol. The van der Waals surface area contributed by atoms with Crippen molar-refractivity contribution in [2.75, 3.05) is 18.0 Å². The molecule has 0 radical (unpaired) electrons. The highest BCUT2D eigenvalue weighted by atomic mass is 19.4. The van der Waals surface area contributed by atoms with Gasteiger partial charge in [-0.15, -0.1) is 0 Å². The van der Waals surface area contributed by atoms with E-state index >= 15 is 0 Å². The third kappa shape index (κ3) is 5.19. The zero-order valence-electron chi connectivity index (χ0n) is 16.4. The maximum Gasteiger partial charge on any atom is 0.416 e. The molecular formula is C20H26F3N3O3. The number of nitrogens with one attached hydrogen (secondary N) is 1. The van der Waals surface area contributed by atoms with Crippen molar-refractivity contribution in [2.45, 2.75) is 57.7 Å². The Hall–Kier alpha value is -2.32. The molecule has 1 amide bonds. The predicted molar refractivity (Wildman–Crippen MR) is 103 cm³/mol. The Bertz CT molecular complexity index is 753. The fourth-order valence-electron chi connectivity index (χ4n) is 4.22. The van der Waals surface area contributed by atoms with Crippen molar-refractivity contribution in [3.05, 3.63) is 33.9 Å². The standard InChI is InChI=1S/C20H26F3N3O3/c1-13-2-5-16(6-3-13)24-19(27)14-8-10-25(11-9-14)17-7-4-15(20(21,22)23)12-18(17)26(28)29/h4,7,12-14,16H,2-3,5-6,8-11H2,1H3,(H,24,27). The number of benzene rings is 1. The lowest BCUT2D eigenvalue weighted by molar-refractivity contribution is -0.384. The third-order valence-electron chi connectivity index (χ3n) is 6.07. The van der Waals surface area contributed by atoms with Crippen molar-refractivity contribution in [1.29, 1.82) is 0 Å².